The molecule has 1 amide bonds. The first-order valence-electron chi connectivity index (χ1n) is 4.37. The Morgan fingerprint density at radius 1 is 1.40 bits per heavy atom. The SMILES string of the molecule is CC(=O)Nc1ccc2c(c1)S(O)(O)C=C2. The van der Waals surface area contributed by atoms with E-state index in [1.807, 2.05) is 0 Å². The number of anilines is 1. The van der Waals surface area contributed by atoms with Crippen LogP contribution in [0.5, 0.6) is 0 Å². The lowest BCUT2D eigenvalue weighted by atomic mass is 10.2. The largest absolute Gasteiger partial charge is 0.326 e. The van der Waals surface area contributed by atoms with E-state index in [0.29, 0.717) is 10.6 Å². The smallest absolute Gasteiger partial charge is 0.221 e. The van der Waals surface area contributed by atoms with Gasteiger partial charge >= 0.3 is 0 Å². The molecule has 4 nitrogen and oxygen atoms in total. The summed E-state index contributed by atoms with van der Waals surface area (Å²) in [6, 6.07) is 5.07. The standard InChI is InChI=1S/C10H11NO3S/c1-7(12)11-9-3-2-8-4-5-15(13,14)10(8)6-9/h2-6,13-14H,1H3,(H,11,12). The number of nitrogens with one attached hydrogen (secondary N) is 1. The van der Waals surface area contributed by atoms with Crippen molar-refractivity contribution < 1.29 is 13.9 Å². The number of rotatable bonds is 1. The molecule has 0 saturated carbocycles. The van der Waals surface area contributed by atoms with E-state index in [-0.39, 0.29) is 5.91 Å². The van der Waals surface area contributed by atoms with Crippen molar-refractivity contribution in [2.24, 2.45) is 0 Å². The first kappa shape index (κ1) is 10.2. The first-order valence-corrected chi connectivity index (χ1v) is 5.98. The van der Waals surface area contributed by atoms with Crippen LogP contribution in [0.2, 0.25) is 0 Å². The summed E-state index contributed by atoms with van der Waals surface area (Å²) in [5.41, 5.74) is 1.36. The van der Waals surface area contributed by atoms with E-state index in [0.717, 1.165) is 5.56 Å². The molecular weight excluding hydrogens is 214 g/mol. The summed E-state index contributed by atoms with van der Waals surface area (Å²) < 4.78 is 19.3. The highest BCUT2D eigenvalue weighted by molar-refractivity contribution is 8.27. The second-order valence-electron chi connectivity index (χ2n) is 3.33. The number of fused-ring (bicyclic) bond motifs is 1. The monoisotopic (exact) mass is 225 g/mol. The fraction of sp³-hybridized carbons (Fsp3) is 0.100. The molecular formula is C10H11NO3S. The van der Waals surface area contributed by atoms with Gasteiger partial charge in [-0.15, -0.1) is 10.6 Å². The van der Waals surface area contributed by atoms with Crippen molar-refractivity contribution in [3.63, 3.8) is 0 Å². The average molecular weight is 225 g/mol. The molecule has 0 radical (unpaired) electrons. The summed E-state index contributed by atoms with van der Waals surface area (Å²) in [5.74, 6) is -0.183. The third-order valence-electron chi connectivity index (χ3n) is 2.09. The van der Waals surface area contributed by atoms with Crippen LogP contribution in [0.4, 0.5) is 5.69 Å². The molecule has 0 spiro atoms. The van der Waals surface area contributed by atoms with E-state index in [2.05, 4.69) is 5.32 Å². The molecule has 80 valence electrons. The summed E-state index contributed by atoms with van der Waals surface area (Å²) in [6.45, 7) is 1.41. The molecule has 5 heteroatoms. The zero-order valence-electron chi connectivity index (χ0n) is 8.10. The highest BCUT2D eigenvalue weighted by Gasteiger charge is 2.21. The van der Waals surface area contributed by atoms with Gasteiger partial charge in [0.05, 0.1) is 4.90 Å². The van der Waals surface area contributed by atoms with Crippen LogP contribution in [0.1, 0.15) is 12.5 Å². The van der Waals surface area contributed by atoms with Gasteiger partial charge in [-0.3, -0.25) is 13.9 Å². The Kier molecular flexibility index (Phi) is 2.30. The number of carbonyl (C=O) groups excluding carboxylic acids is 1. The maximum absolute atomic E-state index is 10.8. The summed E-state index contributed by atoms with van der Waals surface area (Å²) in [4.78, 5) is 11.3. The minimum absolute atomic E-state index is 0.183. The van der Waals surface area contributed by atoms with Crippen molar-refractivity contribution in [1.82, 2.24) is 0 Å². The number of hydrogen-bond donors (Lipinski definition) is 3. The molecule has 0 bridgehead atoms. The van der Waals surface area contributed by atoms with Crippen molar-refractivity contribution >= 4 is 28.3 Å². The van der Waals surface area contributed by atoms with E-state index in [9.17, 15) is 13.9 Å². The second kappa shape index (κ2) is 3.37. The van der Waals surface area contributed by atoms with Crippen LogP contribution in [-0.4, -0.2) is 15.0 Å². The molecule has 0 aromatic heterocycles. The molecule has 0 atom stereocenters. The van der Waals surface area contributed by atoms with Crippen molar-refractivity contribution in [3.05, 3.63) is 29.2 Å². The van der Waals surface area contributed by atoms with Gasteiger partial charge in [-0.1, -0.05) is 6.07 Å². The van der Waals surface area contributed by atoms with Gasteiger partial charge in [0.1, 0.15) is 0 Å². The zero-order valence-corrected chi connectivity index (χ0v) is 8.91. The van der Waals surface area contributed by atoms with Gasteiger partial charge < -0.3 is 5.32 Å². The molecule has 1 aromatic carbocycles. The molecule has 0 aliphatic carbocycles. The first-order chi connectivity index (χ1) is 6.99. The molecule has 0 saturated heterocycles. The van der Waals surface area contributed by atoms with Crippen LogP contribution in [0.25, 0.3) is 6.08 Å². The Bertz CT molecular complexity index is 454. The quantitative estimate of drug-likeness (QED) is 0.688. The lowest BCUT2D eigenvalue weighted by Gasteiger charge is -2.25. The van der Waals surface area contributed by atoms with Gasteiger partial charge in [-0.25, -0.2) is 0 Å². The predicted octanol–water partition coefficient (Wildman–Crippen LogP) is 2.74. The Labute approximate surface area is 89.0 Å². The molecule has 1 aliphatic heterocycles. The third kappa shape index (κ3) is 1.90. The van der Waals surface area contributed by atoms with Gasteiger partial charge in [-0.2, -0.15) is 0 Å². The van der Waals surface area contributed by atoms with E-state index < -0.39 is 10.6 Å². The van der Waals surface area contributed by atoms with Crippen molar-refractivity contribution in [1.29, 1.82) is 0 Å². The predicted molar refractivity (Wildman–Crippen MR) is 60.9 cm³/mol. The molecule has 2 rings (SSSR count). The van der Waals surface area contributed by atoms with Crippen LogP contribution in [0.3, 0.4) is 0 Å². The van der Waals surface area contributed by atoms with E-state index in [4.69, 9.17) is 0 Å². The Hall–Kier alpha value is -1.30. The summed E-state index contributed by atoms with van der Waals surface area (Å²) in [6.07, 6.45) is 1.67. The van der Waals surface area contributed by atoms with Gasteiger partial charge in [0.25, 0.3) is 0 Å². The zero-order chi connectivity index (χ0) is 11.1. The molecule has 0 fully saturated rings. The molecule has 3 N–H and O–H groups in total. The molecule has 1 aromatic rings. The number of carbonyl (C=O) groups is 1. The highest BCUT2D eigenvalue weighted by Crippen LogP contribution is 2.56. The van der Waals surface area contributed by atoms with Gasteiger partial charge in [0.15, 0.2) is 0 Å². The minimum Gasteiger partial charge on any atom is -0.326 e. The lowest BCUT2D eigenvalue weighted by Crippen LogP contribution is -2.06. The summed E-state index contributed by atoms with van der Waals surface area (Å²) >= 11 is 0. The maximum atomic E-state index is 10.8. The van der Waals surface area contributed by atoms with E-state index >= 15 is 0 Å². The van der Waals surface area contributed by atoms with Gasteiger partial charge in [-0.05, 0) is 23.8 Å². The van der Waals surface area contributed by atoms with Crippen molar-refractivity contribution in [2.45, 2.75) is 11.8 Å². The van der Waals surface area contributed by atoms with Gasteiger partial charge in [0, 0.05) is 18.0 Å². The third-order valence-corrected chi connectivity index (χ3v) is 3.61. The molecule has 1 heterocycles. The topological polar surface area (TPSA) is 69.6 Å². The van der Waals surface area contributed by atoms with E-state index in [1.54, 1.807) is 24.3 Å². The average Bonchev–Trinajstić information content (AvgIpc) is 2.42. The highest BCUT2D eigenvalue weighted by atomic mass is 32.3. The normalized spacial score (nSPS) is 18.3. The lowest BCUT2D eigenvalue weighted by molar-refractivity contribution is -0.114. The summed E-state index contributed by atoms with van der Waals surface area (Å²) in [5, 5.41) is 3.98. The summed E-state index contributed by atoms with van der Waals surface area (Å²) in [7, 11) is -2.80. The van der Waals surface area contributed by atoms with E-state index in [1.165, 1.54) is 12.3 Å². The molecule has 15 heavy (non-hydrogen) atoms. The fourth-order valence-electron chi connectivity index (χ4n) is 1.45. The van der Waals surface area contributed by atoms with Crippen LogP contribution in [0, 0.1) is 0 Å². The number of amides is 1. The Balaban J connectivity index is 2.40. The van der Waals surface area contributed by atoms with Crippen LogP contribution < -0.4 is 5.32 Å². The Morgan fingerprint density at radius 2 is 2.13 bits per heavy atom. The second-order valence-corrected chi connectivity index (χ2v) is 5.23. The number of hydrogen-bond acceptors (Lipinski definition) is 3. The number of benzene rings is 1. The van der Waals surface area contributed by atoms with Crippen LogP contribution in [0.15, 0.2) is 28.5 Å². The molecule has 0 unspecified atom stereocenters. The van der Waals surface area contributed by atoms with Crippen molar-refractivity contribution in [3.8, 4) is 0 Å². The van der Waals surface area contributed by atoms with Crippen molar-refractivity contribution in [2.75, 3.05) is 5.32 Å². The van der Waals surface area contributed by atoms with Crippen LogP contribution in [-0.2, 0) is 4.79 Å². The molecule has 1 aliphatic rings. The van der Waals surface area contributed by atoms with Gasteiger partial charge in [0.2, 0.25) is 5.91 Å². The fourth-order valence-corrected chi connectivity index (χ4v) is 2.72. The maximum Gasteiger partial charge on any atom is 0.221 e. The Morgan fingerprint density at radius 3 is 2.80 bits per heavy atom. The van der Waals surface area contributed by atoms with Crippen LogP contribution >= 0.6 is 10.6 Å². The minimum atomic E-state index is -2.80.